The van der Waals surface area contributed by atoms with Crippen LogP contribution in [0.1, 0.15) is 34.2 Å². The first kappa shape index (κ1) is 15.6. The van der Waals surface area contributed by atoms with Crippen LogP contribution in [0.15, 0.2) is 47.2 Å². The Balaban J connectivity index is 1.79. The zero-order chi connectivity index (χ0) is 17.2. The monoisotopic (exact) mass is 338 g/mol. The van der Waals surface area contributed by atoms with E-state index in [2.05, 4.69) is 15.2 Å². The lowest BCUT2D eigenvalue weighted by Crippen LogP contribution is -2.31. The van der Waals surface area contributed by atoms with Gasteiger partial charge in [0, 0.05) is 32.0 Å². The Kier molecular flexibility index (Phi) is 4.07. The number of carbonyl (C=O) groups excluding carboxylic acids is 1. The van der Waals surface area contributed by atoms with Crippen LogP contribution in [0, 0.1) is 0 Å². The van der Waals surface area contributed by atoms with Crippen molar-refractivity contribution >= 4 is 5.91 Å². The number of aromatic nitrogens is 3. The topological polar surface area (TPSA) is 84.2 Å². The number of nitrogens with zero attached hydrogens (tertiary/aromatic N) is 3. The van der Waals surface area contributed by atoms with E-state index >= 15 is 0 Å². The molecule has 0 spiro atoms. The van der Waals surface area contributed by atoms with Crippen molar-refractivity contribution in [3.05, 3.63) is 59.7 Å². The molecule has 25 heavy (non-hydrogen) atoms. The molecule has 0 fully saturated rings. The molecular formula is C18H18N4O3. The lowest BCUT2D eigenvalue weighted by atomic mass is 10.0. The number of nitrogens with one attached hydrogen (secondary N) is 1. The summed E-state index contributed by atoms with van der Waals surface area (Å²) in [7, 11) is 1.66. The van der Waals surface area contributed by atoms with E-state index in [-0.39, 0.29) is 11.9 Å². The number of H-pyrrole nitrogens is 1. The molecule has 1 N–H and O–H groups in total. The Morgan fingerprint density at radius 3 is 2.96 bits per heavy atom. The number of hydrogen-bond donors (Lipinski definition) is 1. The van der Waals surface area contributed by atoms with E-state index in [1.165, 1.54) is 0 Å². The van der Waals surface area contributed by atoms with Gasteiger partial charge in [0.25, 0.3) is 5.91 Å². The number of hydrogen-bond acceptors (Lipinski definition) is 5. The average Bonchev–Trinajstić information content (AvgIpc) is 3.35. The van der Waals surface area contributed by atoms with Gasteiger partial charge in [-0.3, -0.25) is 14.9 Å². The Morgan fingerprint density at radius 1 is 1.32 bits per heavy atom. The van der Waals surface area contributed by atoms with Crippen LogP contribution in [0.25, 0.3) is 11.5 Å². The molecule has 3 aromatic heterocycles. The summed E-state index contributed by atoms with van der Waals surface area (Å²) in [5.41, 5.74) is 2.77. The van der Waals surface area contributed by atoms with Crippen molar-refractivity contribution in [3.63, 3.8) is 0 Å². The van der Waals surface area contributed by atoms with Gasteiger partial charge in [-0.1, -0.05) is 6.07 Å². The van der Waals surface area contributed by atoms with Crippen molar-refractivity contribution in [3.8, 4) is 11.5 Å². The molecule has 1 amide bonds. The maximum Gasteiger partial charge on any atom is 0.275 e. The predicted octanol–water partition coefficient (Wildman–Crippen LogP) is 2.65. The molecule has 3 aromatic rings. The second-order valence-electron chi connectivity index (χ2n) is 5.84. The number of aromatic amines is 1. The molecule has 128 valence electrons. The minimum Gasteiger partial charge on any atom is -0.463 e. The molecule has 4 rings (SSSR count). The van der Waals surface area contributed by atoms with E-state index in [1.807, 2.05) is 30.3 Å². The molecule has 1 aliphatic rings. The van der Waals surface area contributed by atoms with Crippen LogP contribution in [0.4, 0.5) is 0 Å². The highest BCUT2D eigenvalue weighted by molar-refractivity contribution is 5.99. The van der Waals surface area contributed by atoms with Crippen LogP contribution in [0.2, 0.25) is 0 Å². The van der Waals surface area contributed by atoms with E-state index < -0.39 is 0 Å². The van der Waals surface area contributed by atoms with E-state index in [4.69, 9.17) is 9.15 Å². The van der Waals surface area contributed by atoms with Crippen LogP contribution in [-0.4, -0.2) is 46.2 Å². The van der Waals surface area contributed by atoms with Crippen molar-refractivity contribution in [2.75, 3.05) is 20.3 Å². The fourth-order valence-electron chi connectivity index (χ4n) is 3.25. The van der Waals surface area contributed by atoms with Gasteiger partial charge in [-0.15, -0.1) is 0 Å². The lowest BCUT2D eigenvalue weighted by Gasteiger charge is -2.25. The van der Waals surface area contributed by atoms with Crippen molar-refractivity contribution in [1.29, 1.82) is 0 Å². The molecule has 4 heterocycles. The summed E-state index contributed by atoms with van der Waals surface area (Å²) in [6.07, 6.45) is 4.08. The first-order chi connectivity index (χ1) is 12.3. The number of amides is 1. The zero-order valence-electron chi connectivity index (χ0n) is 13.8. The van der Waals surface area contributed by atoms with Crippen LogP contribution in [0.5, 0.6) is 0 Å². The summed E-state index contributed by atoms with van der Waals surface area (Å²) in [6.45, 7) is 1.16. The molecule has 0 saturated heterocycles. The fraction of sp³-hybridized carbons (Fsp3) is 0.278. The van der Waals surface area contributed by atoms with Gasteiger partial charge >= 0.3 is 0 Å². The minimum atomic E-state index is -0.292. The molecule has 1 atom stereocenters. The van der Waals surface area contributed by atoms with Crippen LogP contribution in [-0.2, 0) is 4.74 Å². The molecule has 1 aliphatic heterocycles. The van der Waals surface area contributed by atoms with E-state index in [9.17, 15) is 4.79 Å². The summed E-state index contributed by atoms with van der Waals surface area (Å²) >= 11 is 0. The van der Waals surface area contributed by atoms with Gasteiger partial charge in [0.05, 0.1) is 12.0 Å². The zero-order valence-corrected chi connectivity index (χ0v) is 13.8. The molecule has 0 aromatic carbocycles. The average molecular weight is 338 g/mol. The number of furan rings is 1. The maximum absolute atomic E-state index is 12.9. The third-order valence-corrected chi connectivity index (χ3v) is 4.34. The number of fused-ring (bicyclic) bond motifs is 1. The summed E-state index contributed by atoms with van der Waals surface area (Å²) < 4.78 is 10.6. The number of pyridine rings is 1. The summed E-state index contributed by atoms with van der Waals surface area (Å²) in [5, 5.41) is 7.21. The highest BCUT2D eigenvalue weighted by atomic mass is 16.5. The molecule has 0 radical (unpaired) electrons. The van der Waals surface area contributed by atoms with Gasteiger partial charge < -0.3 is 14.1 Å². The van der Waals surface area contributed by atoms with Gasteiger partial charge in [-0.25, -0.2) is 0 Å². The first-order valence-electron chi connectivity index (χ1n) is 8.14. The molecular weight excluding hydrogens is 320 g/mol. The SMILES string of the molecule is COCCCN1C(=O)c2n[nH]c(-c3ccco3)c2C1c1ccccn1. The molecule has 0 bridgehead atoms. The van der Waals surface area contributed by atoms with Gasteiger partial charge in [-0.05, 0) is 30.7 Å². The van der Waals surface area contributed by atoms with Gasteiger partial charge in [0.15, 0.2) is 11.5 Å². The normalized spacial score (nSPS) is 16.4. The van der Waals surface area contributed by atoms with Crippen molar-refractivity contribution in [2.24, 2.45) is 0 Å². The highest BCUT2D eigenvalue weighted by Gasteiger charge is 2.43. The third-order valence-electron chi connectivity index (χ3n) is 4.34. The maximum atomic E-state index is 12.9. The second-order valence-corrected chi connectivity index (χ2v) is 5.84. The molecule has 1 unspecified atom stereocenters. The van der Waals surface area contributed by atoms with Crippen LogP contribution in [0.3, 0.4) is 0 Å². The van der Waals surface area contributed by atoms with E-state index in [0.717, 1.165) is 23.4 Å². The number of rotatable bonds is 6. The number of ether oxygens (including phenoxy) is 1. The highest BCUT2D eigenvalue weighted by Crippen LogP contribution is 2.42. The predicted molar refractivity (Wildman–Crippen MR) is 89.9 cm³/mol. The summed E-state index contributed by atoms with van der Waals surface area (Å²) in [5.74, 6) is 0.553. The molecule has 7 nitrogen and oxygen atoms in total. The van der Waals surface area contributed by atoms with E-state index in [1.54, 1.807) is 24.5 Å². The molecule has 0 aliphatic carbocycles. The smallest absolute Gasteiger partial charge is 0.275 e. The Hall–Kier alpha value is -2.93. The lowest BCUT2D eigenvalue weighted by molar-refractivity contribution is 0.0720. The fourth-order valence-corrected chi connectivity index (χ4v) is 3.25. The summed E-state index contributed by atoms with van der Waals surface area (Å²) in [4.78, 5) is 19.2. The van der Waals surface area contributed by atoms with Gasteiger partial charge in [0.2, 0.25) is 0 Å². The Morgan fingerprint density at radius 2 is 2.24 bits per heavy atom. The second kappa shape index (κ2) is 6.52. The molecule has 0 saturated carbocycles. The van der Waals surface area contributed by atoms with Crippen molar-refractivity contribution in [1.82, 2.24) is 20.1 Å². The Labute approximate surface area is 144 Å². The third kappa shape index (κ3) is 2.62. The van der Waals surface area contributed by atoms with Crippen LogP contribution < -0.4 is 0 Å². The number of carbonyl (C=O) groups is 1. The quantitative estimate of drug-likeness (QED) is 0.699. The largest absolute Gasteiger partial charge is 0.463 e. The Bertz CT molecular complexity index is 858. The standard InChI is InChI=1S/C18H18N4O3/c1-24-10-5-9-22-17(12-6-2-3-8-19-12)14-15(13-7-4-11-25-13)20-21-16(14)18(22)23/h2-4,6-8,11,17H,5,9-10H2,1H3,(H,20,21). The van der Waals surface area contributed by atoms with Gasteiger partial charge in [-0.2, -0.15) is 5.10 Å². The van der Waals surface area contributed by atoms with Crippen molar-refractivity contribution in [2.45, 2.75) is 12.5 Å². The summed E-state index contributed by atoms with van der Waals surface area (Å²) in [6, 6.07) is 9.07. The van der Waals surface area contributed by atoms with E-state index in [0.29, 0.717) is 24.6 Å². The van der Waals surface area contributed by atoms with Crippen LogP contribution >= 0.6 is 0 Å². The molecule has 7 heteroatoms. The number of methoxy groups -OCH3 is 1. The van der Waals surface area contributed by atoms with Crippen molar-refractivity contribution < 1.29 is 13.9 Å². The minimum absolute atomic E-state index is 0.101. The first-order valence-corrected chi connectivity index (χ1v) is 8.14. The van der Waals surface area contributed by atoms with Gasteiger partial charge in [0.1, 0.15) is 11.7 Å².